The molecule has 0 amide bonds. The van der Waals surface area contributed by atoms with E-state index in [1.165, 1.54) is 8.96 Å². The molecule has 0 radical (unpaired) electrons. The molecule has 0 saturated heterocycles. The number of fused-ring (bicyclic) bond motifs is 7. The van der Waals surface area contributed by atoms with Gasteiger partial charge in [-0.15, -0.1) is 0 Å². The molecule has 0 fully saturated rings. The summed E-state index contributed by atoms with van der Waals surface area (Å²) in [7, 11) is 3.97. The summed E-state index contributed by atoms with van der Waals surface area (Å²) in [5, 5.41) is 1.54. The number of hydrogen-bond acceptors (Lipinski definition) is 6. The lowest BCUT2D eigenvalue weighted by Gasteiger charge is -2.33. The Bertz CT molecular complexity index is 2260. The smallest absolute Gasteiger partial charge is 0.487 e. The summed E-state index contributed by atoms with van der Waals surface area (Å²) in [6, 6.07) is 29.1. The van der Waals surface area contributed by atoms with Gasteiger partial charge in [0.25, 0.3) is 0 Å². The molecule has 5 aromatic rings. The van der Waals surface area contributed by atoms with Crippen LogP contribution in [-0.2, 0) is 14.2 Å². The van der Waals surface area contributed by atoms with E-state index in [-0.39, 0.29) is 6.61 Å². The van der Waals surface area contributed by atoms with Crippen LogP contribution in [0, 0.1) is 6.92 Å². The van der Waals surface area contributed by atoms with Gasteiger partial charge in [-0.25, -0.2) is 0 Å². The molecule has 0 bridgehead atoms. The lowest BCUT2D eigenvalue weighted by Crippen LogP contribution is -2.50. The molecule has 0 atom stereocenters. The van der Waals surface area contributed by atoms with Crippen LogP contribution in [0.5, 0.6) is 11.5 Å². The Morgan fingerprint density at radius 2 is 1.28 bits per heavy atom. The Balaban J connectivity index is 1.34. The Hall–Kier alpha value is -5.23. The van der Waals surface area contributed by atoms with Crippen molar-refractivity contribution in [3.63, 3.8) is 0 Å². The summed E-state index contributed by atoms with van der Waals surface area (Å²) in [6.07, 6.45) is 3.73. The molecule has 0 N–H and O–H groups in total. The van der Waals surface area contributed by atoms with E-state index in [1.54, 1.807) is 6.92 Å². The summed E-state index contributed by atoms with van der Waals surface area (Å²) in [5.74, 6) is 1.03. The highest BCUT2D eigenvalue weighted by atomic mass is 19.2. The van der Waals surface area contributed by atoms with Crippen molar-refractivity contribution in [3.05, 3.63) is 131 Å². The summed E-state index contributed by atoms with van der Waals surface area (Å²) < 4.78 is 67.1. The number of benzene rings is 4. The molecule has 4 aromatic carbocycles. The number of rotatable bonds is 4. The van der Waals surface area contributed by atoms with Gasteiger partial charge in [0.05, 0.1) is 56.3 Å². The van der Waals surface area contributed by atoms with Crippen LogP contribution in [0.2, 0.25) is 0 Å². The van der Waals surface area contributed by atoms with Gasteiger partial charge in [-0.1, -0.05) is 54.6 Å². The summed E-state index contributed by atoms with van der Waals surface area (Å²) in [6.45, 7) is 0.583. The monoisotopic (exact) mass is 717 g/mol. The zero-order valence-electron chi connectivity index (χ0n) is 30.2. The van der Waals surface area contributed by atoms with Gasteiger partial charge in [0.1, 0.15) is 13.2 Å². The summed E-state index contributed by atoms with van der Waals surface area (Å²) >= 11 is 0. The zero-order valence-corrected chi connectivity index (χ0v) is 30.2. The van der Waals surface area contributed by atoms with E-state index < -0.39 is 6.97 Å². The Morgan fingerprint density at radius 3 is 1.96 bits per heavy atom. The van der Waals surface area contributed by atoms with E-state index in [4.69, 9.17) is 23.7 Å². The summed E-state index contributed by atoms with van der Waals surface area (Å²) in [5.41, 5.74) is 6.74. The number of nitrogens with zero attached hydrogens (tertiary/aromatic N) is 3. The number of anilines is 1. The van der Waals surface area contributed by atoms with Gasteiger partial charge in [-0.2, -0.15) is 0 Å². The molecule has 11 heteroatoms. The predicted molar refractivity (Wildman–Crippen MR) is 206 cm³/mol. The second kappa shape index (κ2) is 14.7. The highest BCUT2D eigenvalue weighted by molar-refractivity contribution is 6.60. The Kier molecular flexibility index (Phi) is 9.63. The third kappa shape index (κ3) is 6.43. The minimum Gasteiger partial charge on any atom is -0.487 e. The molecular weight excluding hydrogens is 675 g/mol. The molecule has 3 aliphatic heterocycles. The highest BCUT2D eigenvalue weighted by Crippen LogP contribution is 2.50. The minimum absolute atomic E-state index is 0.273. The van der Waals surface area contributed by atoms with Gasteiger partial charge in [-0.05, 0) is 71.6 Å². The van der Waals surface area contributed by atoms with Gasteiger partial charge in [0.2, 0.25) is 0 Å². The maximum absolute atomic E-state index is 17.6. The molecule has 8 rings (SSSR count). The standard InChI is InChI=1S/C42H42BF2N3O5/c1-29-33-8-4-6-10-35(33)41-40(31-15-19-38-39(28-31)53-27-25-51-23-21-49-20-22-50-24-26-52-38)42-36-11-7-5-9-34(36)37(48(42)43(44,45)47(29)41)18-14-30-12-16-32(17-13-30)46(2)3/h4-19,28H,20-27H2,1-3H3/b18-14+. The van der Waals surface area contributed by atoms with Crippen molar-refractivity contribution in [2.75, 3.05) is 71.9 Å². The van der Waals surface area contributed by atoms with E-state index in [1.807, 2.05) is 122 Å². The Morgan fingerprint density at radius 1 is 0.679 bits per heavy atom. The van der Waals surface area contributed by atoms with Crippen molar-refractivity contribution in [1.29, 1.82) is 0 Å². The second-order valence-corrected chi connectivity index (χ2v) is 13.5. The molecular formula is C42H42BF2N3O5. The van der Waals surface area contributed by atoms with Crippen LogP contribution in [0.15, 0.2) is 97.1 Å². The lowest BCUT2D eigenvalue weighted by molar-refractivity contribution is -0.317. The molecule has 3 aliphatic rings. The van der Waals surface area contributed by atoms with Gasteiger partial charge >= 0.3 is 6.97 Å². The van der Waals surface area contributed by atoms with Crippen molar-refractivity contribution in [2.24, 2.45) is 0 Å². The quantitative estimate of drug-likeness (QED) is 0.180. The predicted octanol–water partition coefficient (Wildman–Crippen LogP) is 7.52. The van der Waals surface area contributed by atoms with Crippen LogP contribution in [0.25, 0.3) is 28.1 Å². The van der Waals surface area contributed by atoms with Crippen LogP contribution in [0.1, 0.15) is 33.6 Å². The molecule has 0 unspecified atom stereocenters. The number of hydrogen-bond donors (Lipinski definition) is 0. The first-order valence-electron chi connectivity index (χ1n) is 18.1. The first-order valence-corrected chi connectivity index (χ1v) is 18.1. The molecule has 53 heavy (non-hydrogen) atoms. The fraction of sp³-hybridized carbons (Fsp3) is 0.262. The maximum Gasteiger partial charge on any atom is 0.737 e. The molecule has 1 aromatic heterocycles. The van der Waals surface area contributed by atoms with Crippen LogP contribution >= 0.6 is 0 Å². The van der Waals surface area contributed by atoms with E-state index in [0.717, 1.165) is 38.7 Å². The number of aromatic nitrogens is 1. The first kappa shape index (κ1) is 34.8. The van der Waals surface area contributed by atoms with Crippen molar-refractivity contribution in [3.8, 4) is 11.5 Å². The van der Waals surface area contributed by atoms with E-state index >= 15 is 8.63 Å². The lowest BCUT2D eigenvalue weighted by atomic mass is 9.84. The van der Waals surface area contributed by atoms with Gasteiger partial charge in [0, 0.05) is 36.9 Å². The highest BCUT2D eigenvalue weighted by Gasteiger charge is 2.57. The van der Waals surface area contributed by atoms with E-state index in [2.05, 4.69) is 0 Å². The fourth-order valence-corrected chi connectivity index (χ4v) is 7.54. The normalized spacial score (nSPS) is 17.7. The minimum atomic E-state index is -4.35. The van der Waals surface area contributed by atoms with Crippen LogP contribution in [0.3, 0.4) is 0 Å². The number of aryl methyl sites for hydroxylation is 1. The van der Waals surface area contributed by atoms with E-state index in [9.17, 15) is 0 Å². The SMILES string of the molecule is Cc1c2ccccc2c2n1[B-](F)(F)[N+]1=C(/C=C/c3ccc(N(C)C)cc3)c3ccccc3C1=C2c1ccc2c(c1)OCCOCCOCCOCCO2. The van der Waals surface area contributed by atoms with Crippen molar-refractivity contribution >= 4 is 46.5 Å². The van der Waals surface area contributed by atoms with Crippen LogP contribution in [-0.4, -0.2) is 88.6 Å². The molecule has 8 nitrogen and oxygen atoms in total. The largest absolute Gasteiger partial charge is 0.737 e. The maximum atomic E-state index is 17.6. The van der Waals surface area contributed by atoms with Crippen molar-refractivity contribution < 1.29 is 36.8 Å². The molecule has 0 spiro atoms. The topological polar surface area (TPSA) is 57.3 Å². The molecule has 0 saturated carbocycles. The second-order valence-electron chi connectivity index (χ2n) is 13.5. The first-order chi connectivity index (χ1) is 25.8. The molecule has 272 valence electrons. The number of ether oxygens (including phenoxy) is 5. The molecule has 0 aliphatic carbocycles. The van der Waals surface area contributed by atoms with Crippen molar-refractivity contribution in [2.45, 2.75) is 6.92 Å². The third-order valence-electron chi connectivity index (χ3n) is 10.0. The number of halogens is 2. The summed E-state index contributed by atoms with van der Waals surface area (Å²) in [4.78, 5) is 2.03. The average molecular weight is 718 g/mol. The van der Waals surface area contributed by atoms with Crippen molar-refractivity contribution in [1.82, 2.24) is 4.48 Å². The third-order valence-corrected chi connectivity index (χ3v) is 10.0. The van der Waals surface area contributed by atoms with Gasteiger partial charge in [0.15, 0.2) is 22.9 Å². The average Bonchev–Trinajstić information content (AvgIpc) is 3.66. The molecule has 4 heterocycles. The van der Waals surface area contributed by atoms with Crippen LogP contribution in [0.4, 0.5) is 14.3 Å². The fourth-order valence-electron chi connectivity index (χ4n) is 7.54. The van der Waals surface area contributed by atoms with Gasteiger partial charge < -0.3 is 46.2 Å². The zero-order chi connectivity index (χ0) is 36.5. The Labute approximate surface area is 308 Å². The van der Waals surface area contributed by atoms with Gasteiger partial charge in [-0.3, -0.25) is 0 Å². The van der Waals surface area contributed by atoms with E-state index in [0.29, 0.717) is 86.1 Å². The van der Waals surface area contributed by atoms with Crippen LogP contribution < -0.4 is 14.4 Å². The number of allylic oxidation sites excluding steroid dienone is 1.